The van der Waals surface area contributed by atoms with Crippen molar-refractivity contribution >= 4 is 11.3 Å². The number of fused-ring (bicyclic) bond motifs is 1. The average molecular weight is 232 g/mol. The number of aryl methyl sites for hydroxylation is 1. The molecule has 0 fully saturated rings. The maximum absolute atomic E-state index is 6.08. The summed E-state index contributed by atoms with van der Waals surface area (Å²) in [4.78, 5) is 14.0. The summed E-state index contributed by atoms with van der Waals surface area (Å²) in [6, 6.07) is 2.05. The fraction of sp³-hybridized carbons (Fsp3) is 0.364. The predicted molar refractivity (Wildman–Crippen MR) is 63.0 cm³/mol. The van der Waals surface area contributed by atoms with Gasteiger partial charge in [0.25, 0.3) is 0 Å². The topological polar surface area (TPSA) is 64.7 Å². The Morgan fingerprint density at radius 1 is 1.44 bits per heavy atom. The number of nitrogens with zero attached hydrogens (tertiary/aromatic N) is 3. The summed E-state index contributed by atoms with van der Waals surface area (Å²) >= 11 is 1.67. The molecule has 0 saturated carbocycles. The van der Waals surface area contributed by atoms with E-state index in [9.17, 15) is 0 Å². The summed E-state index contributed by atoms with van der Waals surface area (Å²) in [6.07, 6.45) is 6.54. The molecule has 2 aromatic heterocycles. The zero-order chi connectivity index (χ0) is 11.0. The van der Waals surface area contributed by atoms with Gasteiger partial charge in [-0.3, -0.25) is 0 Å². The molecule has 1 aliphatic carbocycles. The minimum absolute atomic E-state index is 0.164. The lowest BCUT2D eigenvalue weighted by atomic mass is 9.99. The highest BCUT2D eigenvalue weighted by atomic mass is 32.1. The van der Waals surface area contributed by atoms with Gasteiger partial charge in [-0.2, -0.15) is 0 Å². The van der Waals surface area contributed by atoms with E-state index < -0.39 is 0 Å². The van der Waals surface area contributed by atoms with Gasteiger partial charge in [-0.15, -0.1) is 11.3 Å². The molecule has 0 amide bonds. The van der Waals surface area contributed by atoms with Gasteiger partial charge in [0.05, 0.1) is 5.69 Å². The molecular formula is C11H12N4S. The van der Waals surface area contributed by atoms with Crippen LogP contribution in [0.15, 0.2) is 18.6 Å². The van der Waals surface area contributed by atoms with Crippen LogP contribution in [0.5, 0.6) is 0 Å². The van der Waals surface area contributed by atoms with Gasteiger partial charge < -0.3 is 5.73 Å². The molecule has 3 rings (SSSR count). The molecule has 1 atom stereocenters. The molecule has 2 aromatic rings. The average Bonchev–Trinajstić information content (AvgIpc) is 2.76. The molecule has 82 valence electrons. The lowest BCUT2D eigenvalue weighted by Crippen LogP contribution is -2.15. The molecular weight excluding hydrogens is 220 g/mol. The van der Waals surface area contributed by atoms with Gasteiger partial charge in [0, 0.05) is 17.1 Å². The van der Waals surface area contributed by atoms with Crippen molar-refractivity contribution in [2.75, 3.05) is 0 Å². The van der Waals surface area contributed by atoms with Crippen LogP contribution >= 0.6 is 11.3 Å². The minimum atomic E-state index is 0.164. The van der Waals surface area contributed by atoms with Crippen molar-refractivity contribution in [3.8, 4) is 10.7 Å². The molecule has 1 unspecified atom stereocenters. The van der Waals surface area contributed by atoms with Crippen molar-refractivity contribution in [1.29, 1.82) is 0 Å². The lowest BCUT2D eigenvalue weighted by Gasteiger charge is -2.15. The number of hydrogen-bond donors (Lipinski definition) is 1. The van der Waals surface area contributed by atoms with Gasteiger partial charge in [0.15, 0.2) is 0 Å². The highest BCUT2D eigenvalue weighted by molar-refractivity contribution is 7.15. The molecule has 0 aliphatic heterocycles. The molecule has 0 aromatic carbocycles. The Kier molecular flexibility index (Phi) is 2.41. The number of aromatic nitrogens is 3. The van der Waals surface area contributed by atoms with Crippen LogP contribution in [0, 0.1) is 0 Å². The molecule has 1 aliphatic rings. The maximum Gasteiger partial charge on any atom is 0.142 e. The van der Waals surface area contributed by atoms with Crippen LogP contribution in [-0.2, 0) is 6.42 Å². The van der Waals surface area contributed by atoms with Gasteiger partial charge in [0.1, 0.15) is 17.0 Å². The van der Waals surface area contributed by atoms with E-state index in [2.05, 4.69) is 15.0 Å². The van der Waals surface area contributed by atoms with E-state index >= 15 is 0 Å². The first kappa shape index (κ1) is 9.86. The van der Waals surface area contributed by atoms with Crippen LogP contribution in [0.4, 0.5) is 0 Å². The quantitative estimate of drug-likeness (QED) is 0.816. The third-order valence-electron chi connectivity index (χ3n) is 2.79. The predicted octanol–water partition coefficient (Wildman–Crippen LogP) is 1.94. The second-order valence-electron chi connectivity index (χ2n) is 3.92. The fourth-order valence-electron chi connectivity index (χ4n) is 1.98. The Hall–Kier alpha value is -1.33. The van der Waals surface area contributed by atoms with Crippen molar-refractivity contribution in [3.05, 3.63) is 29.2 Å². The van der Waals surface area contributed by atoms with Gasteiger partial charge in [0.2, 0.25) is 0 Å². The number of thiazole rings is 1. The van der Waals surface area contributed by atoms with Gasteiger partial charge >= 0.3 is 0 Å². The minimum Gasteiger partial charge on any atom is -0.323 e. The van der Waals surface area contributed by atoms with Crippen LogP contribution < -0.4 is 5.73 Å². The molecule has 2 N–H and O–H groups in total. The molecule has 0 bridgehead atoms. The molecule has 2 heterocycles. The van der Waals surface area contributed by atoms with Crippen LogP contribution in [-0.4, -0.2) is 15.0 Å². The fourth-order valence-corrected chi connectivity index (χ4v) is 3.10. The molecule has 5 heteroatoms. The highest BCUT2D eigenvalue weighted by Gasteiger charge is 2.22. The van der Waals surface area contributed by atoms with E-state index in [4.69, 9.17) is 5.73 Å². The van der Waals surface area contributed by atoms with Crippen LogP contribution in [0.2, 0.25) is 0 Å². The van der Waals surface area contributed by atoms with E-state index in [0.717, 1.165) is 35.7 Å². The summed E-state index contributed by atoms with van der Waals surface area (Å²) in [5, 5.41) is 0.963. The Morgan fingerprint density at radius 3 is 3.12 bits per heavy atom. The molecule has 0 spiro atoms. The SMILES string of the molecule is NC1CCCc2nc(-c3ccncn3)sc21. The smallest absolute Gasteiger partial charge is 0.142 e. The van der Waals surface area contributed by atoms with Crippen LogP contribution in [0.3, 0.4) is 0 Å². The summed E-state index contributed by atoms with van der Waals surface area (Å²) in [7, 11) is 0. The van der Waals surface area contributed by atoms with E-state index in [1.165, 1.54) is 4.88 Å². The first-order valence-electron chi connectivity index (χ1n) is 5.36. The van der Waals surface area contributed by atoms with Gasteiger partial charge in [-0.25, -0.2) is 15.0 Å². The third kappa shape index (κ3) is 1.62. The monoisotopic (exact) mass is 232 g/mol. The van der Waals surface area contributed by atoms with Crippen LogP contribution in [0.25, 0.3) is 10.7 Å². The Balaban J connectivity index is 2.05. The first-order valence-corrected chi connectivity index (χ1v) is 6.18. The largest absolute Gasteiger partial charge is 0.323 e. The van der Waals surface area contributed by atoms with Crippen molar-refractivity contribution in [2.24, 2.45) is 5.73 Å². The Morgan fingerprint density at radius 2 is 2.38 bits per heavy atom. The standard InChI is InChI=1S/C11H12N4S/c12-7-2-1-3-8-10(7)16-11(15-8)9-4-5-13-6-14-9/h4-7H,1-3,12H2. The first-order chi connectivity index (χ1) is 7.84. The second kappa shape index (κ2) is 3.92. The number of nitrogens with two attached hydrogens (primary N) is 1. The van der Waals surface area contributed by atoms with Crippen molar-refractivity contribution in [3.63, 3.8) is 0 Å². The lowest BCUT2D eigenvalue weighted by molar-refractivity contribution is 0.573. The van der Waals surface area contributed by atoms with E-state index in [-0.39, 0.29) is 6.04 Å². The summed E-state index contributed by atoms with van der Waals surface area (Å²) in [6.45, 7) is 0. The van der Waals surface area contributed by atoms with Gasteiger partial charge in [-0.1, -0.05) is 0 Å². The molecule has 0 saturated heterocycles. The molecule has 16 heavy (non-hydrogen) atoms. The summed E-state index contributed by atoms with van der Waals surface area (Å²) in [5.74, 6) is 0. The summed E-state index contributed by atoms with van der Waals surface area (Å²) in [5.41, 5.74) is 8.13. The second-order valence-corrected chi connectivity index (χ2v) is 4.95. The zero-order valence-electron chi connectivity index (χ0n) is 8.76. The van der Waals surface area contributed by atoms with Crippen molar-refractivity contribution < 1.29 is 0 Å². The zero-order valence-corrected chi connectivity index (χ0v) is 9.57. The summed E-state index contributed by atoms with van der Waals surface area (Å²) < 4.78 is 0. The number of rotatable bonds is 1. The van der Waals surface area contributed by atoms with Crippen LogP contribution in [0.1, 0.15) is 29.5 Å². The molecule has 0 radical (unpaired) electrons. The van der Waals surface area contributed by atoms with Crippen molar-refractivity contribution in [1.82, 2.24) is 15.0 Å². The molecule has 4 nitrogen and oxygen atoms in total. The normalized spacial score (nSPS) is 19.4. The highest BCUT2D eigenvalue weighted by Crippen LogP contribution is 2.35. The maximum atomic E-state index is 6.08. The van der Waals surface area contributed by atoms with Gasteiger partial charge in [-0.05, 0) is 25.3 Å². The van der Waals surface area contributed by atoms with E-state index in [1.54, 1.807) is 23.9 Å². The Labute approximate surface area is 97.6 Å². The van der Waals surface area contributed by atoms with E-state index in [0.29, 0.717) is 0 Å². The third-order valence-corrected chi connectivity index (χ3v) is 4.05. The Bertz CT molecular complexity index is 494. The van der Waals surface area contributed by atoms with E-state index in [1.807, 2.05) is 6.07 Å². The van der Waals surface area contributed by atoms with Crippen molar-refractivity contribution in [2.45, 2.75) is 25.3 Å². The number of hydrogen-bond acceptors (Lipinski definition) is 5.